The minimum atomic E-state index is -3.26. The van der Waals surface area contributed by atoms with Gasteiger partial charge in [0.2, 0.25) is 5.91 Å². The van der Waals surface area contributed by atoms with Gasteiger partial charge in [0.25, 0.3) is 0 Å². The molecule has 0 aliphatic heterocycles. The lowest BCUT2D eigenvalue weighted by molar-refractivity contribution is 0.1000. The van der Waals surface area contributed by atoms with Crippen molar-refractivity contribution in [3.8, 4) is 0 Å². The van der Waals surface area contributed by atoms with Crippen molar-refractivity contribution in [1.82, 2.24) is 0 Å². The molecule has 1 amide bonds. The van der Waals surface area contributed by atoms with Crippen LogP contribution in [0.25, 0.3) is 0 Å². The molecule has 1 atom stereocenters. The zero-order valence-electron chi connectivity index (χ0n) is 10.5. The average Bonchev–Trinajstić information content (AvgIpc) is 2.30. The molecule has 4 N–H and O–H groups in total. The number of hydrogen-bond acceptors (Lipinski definition) is 4. The Hall–Kier alpha value is -1.40. The van der Waals surface area contributed by atoms with Crippen LogP contribution < -0.4 is 11.5 Å². The molecule has 6 heteroatoms. The fraction of sp³-hybridized carbons (Fsp3) is 0.417. The second-order valence-electron chi connectivity index (χ2n) is 4.36. The van der Waals surface area contributed by atoms with Crippen LogP contribution in [0.1, 0.15) is 28.4 Å². The van der Waals surface area contributed by atoms with Crippen LogP contribution in [-0.2, 0) is 15.6 Å². The Labute approximate surface area is 107 Å². The van der Waals surface area contributed by atoms with Gasteiger partial charge in [0, 0.05) is 12.1 Å². The first-order valence-electron chi connectivity index (χ1n) is 5.59. The van der Waals surface area contributed by atoms with Crippen LogP contribution in [0.3, 0.4) is 0 Å². The summed E-state index contributed by atoms with van der Waals surface area (Å²) in [6.07, 6.45) is 0. The third-order valence-electron chi connectivity index (χ3n) is 2.93. The molecule has 0 saturated heterocycles. The predicted molar refractivity (Wildman–Crippen MR) is 70.8 cm³/mol. The minimum absolute atomic E-state index is 0.0732. The number of carbonyl (C=O) groups excluding carboxylic acids is 1. The largest absolute Gasteiger partial charge is 0.366 e. The summed E-state index contributed by atoms with van der Waals surface area (Å²) in [4.78, 5) is 11.0. The molecule has 0 aromatic heterocycles. The number of benzene rings is 1. The van der Waals surface area contributed by atoms with E-state index in [1.54, 1.807) is 26.0 Å². The third kappa shape index (κ3) is 3.30. The maximum absolute atomic E-state index is 11.9. The summed E-state index contributed by atoms with van der Waals surface area (Å²) in [6.45, 7) is 3.44. The molecule has 0 heterocycles. The van der Waals surface area contributed by atoms with Crippen molar-refractivity contribution in [1.29, 1.82) is 0 Å². The van der Waals surface area contributed by atoms with Crippen molar-refractivity contribution in [2.75, 3.05) is 6.54 Å². The van der Waals surface area contributed by atoms with Crippen molar-refractivity contribution in [3.05, 3.63) is 34.9 Å². The number of amides is 1. The first-order valence-corrected chi connectivity index (χ1v) is 7.30. The molecule has 0 bridgehead atoms. The lowest BCUT2D eigenvalue weighted by atomic mass is 10.1. The molecule has 1 aromatic rings. The highest BCUT2D eigenvalue weighted by Crippen LogP contribution is 2.16. The van der Waals surface area contributed by atoms with Crippen molar-refractivity contribution in [3.63, 3.8) is 0 Å². The molecule has 1 rings (SSSR count). The molecule has 100 valence electrons. The average molecular weight is 270 g/mol. The first-order chi connectivity index (χ1) is 8.27. The molecule has 0 fully saturated rings. The Morgan fingerprint density at radius 2 is 2.00 bits per heavy atom. The SMILES string of the molecule is Cc1cc(C(N)=O)ccc1CS(=O)(=O)C(C)CN. The minimum Gasteiger partial charge on any atom is -0.366 e. The van der Waals surface area contributed by atoms with Crippen LogP contribution in [0, 0.1) is 6.92 Å². The Balaban J connectivity index is 3.03. The van der Waals surface area contributed by atoms with E-state index in [0.29, 0.717) is 11.1 Å². The number of primary amides is 1. The highest BCUT2D eigenvalue weighted by Gasteiger charge is 2.20. The quantitative estimate of drug-likeness (QED) is 0.806. The molecule has 0 aliphatic carbocycles. The molecule has 0 saturated carbocycles. The van der Waals surface area contributed by atoms with Gasteiger partial charge in [0.1, 0.15) is 0 Å². The molecular formula is C12H18N2O3S. The van der Waals surface area contributed by atoms with Gasteiger partial charge in [-0.05, 0) is 37.1 Å². The number of aryl methyl sites for hydroxylation is 1. The van der Waals surface area contributed by atoms with Crippen LogP contribution >= 0.6 is 0 Å². The smallest absolute Gasteiger partial charge is 0.248 e. The van der Waals surface area contributed by atoms with Gasteiger partial charge in [-0.2, -0.15) is 0 Å². The van der Waals surface area contributed by atoms with Crippen LogP contribution in [0.2, 0.25) is 0 Å². The van der Waals surface area contributed by atoms with E-state index >= 15 is 0 Å². The first kappa shape index (κ1) is 14.7. The standard InChI is InChI=1S/C12H18N2O3S/c1-8-5-10(12(14)15)3-4-11(8)7-18(16,17)9(2)6-13/h3-5,9H,6-7,13H2,1-2H3,(H2,14,15). The molecular weight excluding hydrogens is 252 g/mol. The summed E-state index contributed by atoms with van der Waals surface area (Å²) in [7, 11) is -3.26. The van der Waals surface area contributed by atoms with Gasteiger partial charge in [-0.15, -0.1) is 0 Å². The van der Waals surface area contributed by atoms with E-state index in [1.807, 2.05) is 0 Å². The number of nitrogens with two attached hydrogens (primary N) is 2. The Bertz CT molecular complexity index is 552. The van der Waals surface area contributed by atoms with Crippen molar-refractivity contribution in [2.24, 2.45) is 11.5 Å². The van der Waals surface area contributed by atoms with Crippen LogP contribution in [0.4, 0.5) is 0 Å². The highest BCUT2D eigenvalue weighted by molar-refractivity contribution is 7.91. The number of rotatable bonds is 5. The van der Waals surface area contributed by atoms with Gasteiger partial charge in [-0.25, -0.2) is 8.42 Å². The second kappa shape index (κ2) is 5.49. The van der Waals surface area contributed by atoms with E-state index in [4.69, 9.17) is 11.5 Å². The Morgan fingerprint density at radius 3 is 2.44 bits per heavy atom. The van der Waals surface area contributed by atoms with E-state index in [-0.39, 0.29) is 12.3 Å². The maximum Gasteiger partial charge on any atom is 0.248 e. The van der Waals surface area contributed by atoms with Crippen molar-refractivity contribution >= 4 is 15.7 Å². The summed E-state index contributed by atoms with van der Waals surface area (Å²) < 4.78 is 23.9. The summed E-state index contributed by atoms with van der Waals surface area (Å²) in [5.41, 5.74) is 12.3. The summed E-state index contributed by atoms with van der Waals surface area (Å²) in [5.74, 6) is -0.598. The maximum atomic E-state index is 11.9. The summed E-state index contributed by atoms with van der Waals surface area (Å²) >= 11 is 0. The highest BCUT2D eigenvalue weighted by atomic mass is 32.2. The molecule has 1 unspecified atom stereocenters. The van der Waals surface area contributed by atoms with Crippen LogP contribution in [0.15, 0.2) is 18.2 Å². The molecule has 5 nitrogen and oxygen atoms in total. The molecule has 1 aromatic carbocycles. The van der Waals surface area contributed by atoms with E-state index in [9.17, 15) is 13.2 Å². The van der Waals surface area contributed by atoms with E-state index in [0.717, 1.165) is 5.56 Å². The fourth-order valence-electron chi connectivity index (χ4n) is 1.52. The van der Waals surface area contributed by atoms with Gasteiger partial charge in [-0.1, -0.05) is 6.07 Å². The van der Waals surface area contributed by atoms with E-state index < -0.39 is 21.0 Å². The lowest BCUT2D eigenvalue weighted by Crippen LogP contribution is -2.28. The molecule has 0 radical (unpaired) electrons. The lowest BCUT2D eigenvalue weighted by Gasteiger charge is -2.12. The van der Waals surface area contributed by atoms with Crippen LogP contribution in [-0.4, -0.2) is 26.1 Å². The van der Waals surface area contributed by atoms with Crippen LogP contribution in [0.5, 0.6) is 0 Å². The fourth-order valence-corrected chi connectivity index (χ4v) is 2.85. The molecule has 0 spiro atoms. The van der Waals surface area contributed by atoms with Gasteiger partial charge < -0.3 is 11.5 Å². The zero-order chi connectivity index (χ0) is 13.9. The predicted octanol–water partition coefficient (Wildman–Crippen LogP) is 0.356. The molecule has 0 aliphatic rings. The van der Waals surface area contributed by atoms with Gasteiger partial charge in [0.15, 0.2) is 9.84 Å². The van der Waals surface area contributed by atoms with Gasteiger partial charge >= 0.3 is 0 Å². The van der Waals surface area contributed by atoms with Crippen molar-refractivity contribution < 1.29 is 13.2 Å². The monoisotopic (exact) mass is 270 g/mol. The van der Waals surface area contributed by atoms with Gasteiger partial charge in [0.05, 0.1) is 11.0 Å². The number of sulfone groups is 1. The topological polar surface area (TPSA) is 103 Å². The van der Waals surface area contributed by atoms with E-state index in [1.165, 1.54) is 6.07 Å². The summed E-state index contributed by atoms with van der Waals surface area (Å²) in [6, 6.07) is 4.75. The Kier molecular flexibility index (Phi) is 4.48. The zero-order valence-corrected chi connectivity index (χ0v) is 11.3. The number of carbonyl (C=O) groups is 1. The van der Waals surface area contributed by atoms with Crippen molar-refractivity contribution in [2.45, 2.75) is 24.9 Å². The number of hydrogen-bond donors (Lipinski definition) is 2. The Morgan fingerprint density at radius 1 is 1.39 bits per heavy atom. The second-order valence-corrected chi connectivity index (χ2v) is 6.78. The van der Waals surface area contributed by atoms with E-state index in [2.05, 4.69) is 0 Å². The summed E-state index contributed by atoms with van der Waals surface area (Å²) in [5, 5.41) is -0.576. The van der Waals surface area contributed by atoms with Gasteiger partial charge in [-0.3, -0.25) is 4.79 Å². The normalized spacial score (nSPS) is 13.3. The molecule has 18 heavy (non-hydrogen) atoms. The third-order valence-corrected chi connectivity index (χ3v) is 5.06.